The first kappa shape index (κ1) is 36.3. The molecular formula is C36H55NO5Si. The van der Waals surface area contributed by atoms with Crippen molar-refractivity contribution in [2.45, 2.75) is 112 Å². The van der Waals surface area contributed by atoms with Gasteiger partial charge in [-0.3, -0.25) is 0 Å². The monoisotopic (exact) mass is 609 g/mol. The van der Waals surface area contributed by atoms with Gasteiger partial charge in [0.05, 0.1) is 6.61 Å². The average molecular weight is 610 g/mol. The van der Waals surface area contributed by atoms with E-state index < -0.39 is 37.9 Å². The van der Waals surface area contributed by atoms with Crippen LogP contribution in [-0.4, -0.2) is 43.7 Å². The van der Waals surface area contributed by atoms with Gasteiger partial charge in [0.15, 0.2) is 0 Å². The van der Waals surface area contributed by atoms with Crippen molar-refractivity contribution in [1.29, 1.82) is 0 Å². The molecule has 0 aromatic heterocycles. The molecule has 0 saturated heterocycles. The second-order valence-electron chi connectivity index (χ2n) is 14.6. The zero-order chi connectivity index (χ0) is 32.5. The maximum absolute atomic E-state index is 12.9. The van der Waals surface area contributed by atoms with E-state index in [1.165, 1.54) is 0 Å². The number of hydrogen-bond acceptors (Lipinski definition) is 4. The number of aliphatic carboxylic acids is 1. The summed E-state index contributed by atoms with van der Waals surface area (Å²) in [6.45, 7) is 20.7. The molecule has 0 saturated carbocycles. The predicted octanol–water partition coefficient (Wildman–Crippen LogP) is 7.71. The van der Waals surface area contributed by atoms with Gasteiger partial charge < -0.3 is 19.6 Å². The second kappa shape index (κ2) is 15.2. The molecule has 2 aromatic carbocycles. The highest BCUT2D eigenvalue weighted by atomic mass is 28.4. The van der Waals surface area contributed by atoms with E-state index in [1.54, 1.807) is 20.8 Å². The van der Waals surface area contributed by atoms with E-state index in [9.17, 15) is 14.7 Å². The van der Waals surface area contributed by atoms with Gasteiger partial charge in [0.1, 0.15) is 11.6 Å². The molecule has 0 unspecified atom stereocenters. The van der Waals surface area contributed by atoms with Gasteiger partial charge in [-0.2, -0.15) is 0 Å². The molecule has 238 valence electrons. The predicted molar refractivity (Wildman–Crippen MR) is 180 cm³/mol. The average Bonchev–Trinajstić information content (AvgIpc) is 2.88. The van der Waals surface area contributed by atoms with Gasteiger partial charge in [0.25, 0.3) is 8.32 Å². The van der Waals surface area contributed by atoms with Crippen LogP contribution in [-0.2, 0) is 14.0 Å². The van der Waals surface area contributed by atoms with E-state index >= 15 is 0 Å². The third-order valence-corrected chi connectivity index (χ3v) is 12.4. The summed E-state index contributed by atoms with van der Waals surface area (Å²) in [5.41, 5.74) is -0.108. The summed E-state index contributed by atoms with van der Waals surface area (Å²) in [6, 6.07) is 19.7. The highest BCUT2D eigenvalue weighted by molar-refractivity contribution is 6.99. The molecular weight excluding hydrogens is 554 g/mol. The number of amides is 1. The van der Waals surface area contributed by atoms with E-state index in [2.05, 4.69) is 108 Å². The molecule has 2 aromatic rings. The molecule has 0 bridgehead atoms. The number of nitrogens with one attached hydrogen (secondary N) is 1. The molecule has 7 heteroatoms. The molecule has 2 rings (SSSR count). The highest BCUT2D eigenvalue weighted by Gasteiger charge is 2.50. The first-order valence-electron chi connectivity index (χ1n) is 15.6. The summed E-state index contributed by atoms with van der Waals surface area (Å²) in [5.74, 6) is -1.56. The first-order chi connectivity index (χ1) is 19.9. The maximum atomic E-state index is 12.9. The smallest absolute Gasteiger partial charge is 0.408 e. The number of alkyl carbamates (subject to hydrolysis) is 1. The van der Waals surface area contributed by atoms with Crippen LogP contribution < -0.4 is 15.7 Å². The fourth-order valence-electron chi connectivity index (χ4n) is 5.71. The first-order valence-corrected chi connectivity index (χ1v) is 17.5. The number of carboxylic acid groups (broad SMARTS) is 1. The molecule has 0 heterocycles. The SMILES string of the molecule is CCCCC[C@H](/C(=C/C(C)(C)C)CO[Si](c1ccccc1)(c1ccccc1)C(C)(C)C)[C@H](NC(=O)OC(C)(C)C)C(=O)O. The number of carboxylic acids is 1. The summed E-state index contributed by atoms with van der Waals surface area (Å²) < 4.78 is 12.8. The van der Waals surface area contributed by atoms with Gasteiger partial charge >= 0.3 is 12.1 Å². The van der Waals surface area contributed by atoms with Gasteiger partial charge in [-0.1, -0.05) is 134 Å². The number of allylic oxidation sites excluding steroid dienone is 1. The van der Waals surface area contributed by atoms with Crippen LogP contribution in [0, 0.1) is 11.3 Å². The second-order valence-corrected chi connectivity index (χ2v) is 18.9. The maximum Gasteiger partial charge on any atom is 0.408 e. The van der Waals surface area contributed by atoms with Crippen molar-refractivity contribution in [2.75, 3.05) is 6.61 Å². The van der Waals surface area contributed by atoms with Crippen LogP contribution >= 0.6 is 0 Å². The topological polar surface area (TPSA) is 84.9 Å². The van der Waals surface area contributed by atoms with Crippen molar-refractivity contribution >= 4 is 30.8 Å². The van der Waals surface area contributed by atoms with Crippen LogP contribution in [0.4, 0.5) is 4.79 Å². The van der Waals surface area contributed by atoms with Gasteiger partial charge in [-0.05, 0) is 53.6 Å². The molecule has 43 heavy (non-hydrogen) atoms. The normalized spacial score (nSPS) is 14.6. The molecule has 2 N–H and O–H groups in total. The Labute approximate surface area is 261 Å². The third kappa shape index (κ3) is 10.6. The van der Waals surface area contributed by atoms with Gasteiger partial charge in [0.2, 0.25) is 0 Å². The van der Waals surface area contributed by atoms with Crippen LogP contribution in [0.5, 0.6) is 0 Å². The fourth-order valence-corrected chi connectivity index (χ4v) is 10.3. The van der Waals surface area contributed by atoms with Crippen LogP contribution in [0.1, 0.15) is 94.9 Å². The van der Waals surface area contributed by atoms with E-state index in [1.807, 2.05) is 12.1 Å². The lowest BCUT2D eigenvalue weighted by Crippen LogP contribution is -2.66. The Kier molecular flexibility index (Phi) is 12.8. The van der Waals surface area contributed by atoms with Crippen molar-refractivity contribution in [3.8, 4) is 0 Å². The number of benzene rings is 2. The Bertz CT molecular complexity index is 1150. The van der Waals surface area contributed by atoms with Gasteiger partial charge in [-0.15, -0.1) is 0 Å². The van der Waals surface area contributed by atoms with Crippen molar-refractivity contribution in [3.63, 3.8) is 0 Å². The Balaban J connectivity index is 2.70. The zero-order valence-electron chi connectivity index (χ0n) is 28.1. The number of carbonyl (C=O) groups is 2. The van der Waals surface area contributed by atoms with Crippen molar-refractivity contribution in [1.82, 2.24) is 5.32 Å². The van der Waals surface area contributed by atoms with E-state index in [0.29, 0.717) is 6.42 Å². The van der Waals surface area contributed by atoms with Crippen LogP contribution in [0.15, 0.2) is 72.3 Å². The molecule has 0 aliphatic heterocycles. The third-order valence-electron chi connectivity index (χ3n) is 7.43. The Morgan fingerprint density at radius 3 is 1.77 bits per heavy atom. The number of unbranched alkanes of at least 4 members (excludes halogenated alkanes) is 2. The van der Waals surface area contributed by atoms with Gasteiger partial charge in [-0.25, -0.2) is 9.59 Å². The van der Waals surface area contributed by atoms with E-state index in [4.69, 9.17) is 9.16 Å². The van der Waals surface area contributed by atoms with Crippen LogP contribution in [0.3, 0.4) is 0 Å². The molecule has 0 aliphatic rings. The van der Waals surface area contributed by atoms with Crippen LogP contribution in [0.25, 0.3) is 0 Å². The molecule has 2 atom stereocenters. The highest BCUT2D eigenvalue weighted by Crippen LogP contribution is 2.38. The van der Waals surface area contributed by atoms with Crippen molar-refractivity contribution in [3.05, 3.63) is 72.3 Å². The van der Waals surface area contributed by atoms with Crippen LogP contribution in [0.2, 0.25) is 5.04 Å². The number of rotatable bonds is 13. The van der Waals surface area contributed by atoms with Crippen molar-refractivity contribution in [2.24, 2.45) is 11.3 Å². The summed E-state index contributed by atoms with van der Waals surface area (Å²) in [4.78, 5) is 25.7. The quantitative estimate of drug-likeness (QED) is 0.138. The minimum absolute atomic E-state index is 0.235. The molecule has 0 fully saturated rings. The van der Waals surface area contributed by atoms with Gasteiger partial charge in [0, 0.05) is 5.92 Å². The summed E-state index contributed by atoms with van der Waals surface area (Å²) in [6.07, 6.45) is 4.82. The lowest BCUT2D eigenvalue weighted by atomic mass is 9.82. The van der Waals surface area contributed by atoms with E-state index in [-0.39, 0.29) is 17.1 Å². The lowest BCUT2D eigenvalue weighted by Gasteiger charge is -2.44. The fraction of sp³-hybridized carbons (Fsp3) is 0.556. The van der Waals surface area contributed by atoms with E-state index in [0.717, 1.165) is 35.2 Å². The Morgan fingerprint density at radius 2 is 1.37 bits per heavy atom. The number of hydrogen-bond donors (Lipinski definition) is 2. The standard InChI is InChI=1S/C36H55NO5Si/c1-11-12-15-24-30(31(32(38)39)37-33(40)42-35(5,6)7)27(25-34(2,3)4)26-41-43(36(8,9)10,28-20-16-13-17-21-28)29-22-18-14-19-23-29/h13-14,16-23,25,30-31H,11-12,15,24,26H2,1-10H3,(H,37,40)(H,38,39)/b27-25+/t30-,31+/m1/s1. The zero-order valence-corrected chi connectivity index (χ0v) is 29.1. The Hall–Kier alpha value is -2.90. The molecule has 6 nitrogen and oxygen atoms in total. The molecule has 0 aliphatic carbocycles. The molecule has 0 spiro atoms. The molecule has 0 radical (unpaired) electrons. The number of carbonyl (C=O) groups excluding carboxylic acids is 1. The van der Waals surface area contributed by atoms with Crippen molar-refractivity contribution < 1.29 is 23.9 Å². The summed E-state index contributed by atoms with van der Waals surface area (Å²) >= 11 is 0. The minimum Gasteiger partial charge on any atom is -0.480 e. The summed E-state index contributed by atoms with van der Waals surface area (Å²) in [5, 5.41) is 15.3. The lowest BCUT2D eigenvalue weighted by molar-refractivity contribution is -0.140. The number of ether oxygens (including phenoxy) is 1. The molecule has 1 amide bonds. The largest absolute Gasteiger partial charge is 0.480 e. The minimum atomic E-state index is -2.90. The summed E-state index contributed by atoms with van der Waals surface area (Å²) in [7, 11) is -2.90. The Morgan fingerprint density at radius 1 is 0.860 bits per heavy atom.